The SMILES string of the molecule is O=C1C2=Cc3ccccc3C2=CC(c2ccccc2)=C1c1ccccc1. The quantitative estimate of drug-likeness (QED) is 0.592. The Morgan fingerprint density at radius 3 is 1.88 bits per heavy atom. The first kappa shape index (κ1) is 14.9. The number of hydrogen-bond donors (Lipinski definition) is 0. The number of benzene rings is 3. The molecule has 26 heavy (non-hydrogen) atoms. The van der Waals surface area contributed by atoms with Crippen molar-refractivity contribution in [2.45, 2.75) is 0 Å². The van der Waals surface area contributed by atoms with Crippen LogP contribution in [0.5, 0.6) is 0 Å². The van der Waals surface area contributed by atoms with E-state index in [0.29, 0.717) is 0 Å². The fourth-order valence-corrected chi connectivity index (χ4v) is 3.80. The summed E-state index contributed by atoms with van der Waals surface area (Å²) in [7, 11) is 0. The summed E-state index contributed by atoms with van der Waals surface area (Å²) < 4.78 is 0. The van der Waals surface area contributed by atoms with Gasteiger partial charge >= 0.3 is 0 Å². The lowest BCUT2D eigenvalue weighted by Crippen LogP contribution is -2.12. The van der Waals surface area contributed by atoms with E-state index in [-0.39, 0.29) is 5.78 Å². The van der Waals surface area contributed by atoms with Gasteiger partial charge in [-0.3, -0.25) is 4.79 Å². The second-order valence-electron chi connectivity index (χ2n) is 6.55. The Bertz CT molecular complexity index is 1110. The average Bonchev–Trinajstić information content (AvgIpc) is 3.08. The van der Waals surface area contributed by atoms with E-state index in [1.54, 1.807) is 0 Å². The van der Waals surface area contributed by atoms with Gasteiger partial charge in [0.05, 0.1) is 0 Å². The van der Waals surface area contributed by atoms with E-state index in [9.17, 15) is 4.79 Å². The minimum atomic E-state index is 0.101. The predicted molar refractivity (Wildman–Crippen MR) is 107 cm³/mol. The van der Waals surface area contributed by atoms with Gasteiger partial charge < -0.3 is 0 Å². The summed E-state index contributed by atoms with van der Waals surface area (Å²) >= 11 is 0. The van der Waals surface area contributed by atoms with Crippen LogP contribution in [0, 0.1) is 0 Å². The number of ketones is 1. The molecule has 0 saturated carbocycles. The molecule has 5 rings (SSSR count). The van der Waals surface area contributed by atoms with Crippen LogP contribution in [-0.4, -0.2) is 5.78 Å². The maximum atomic E-state index is 13.5. The van der Waals surface area contributed by atoms with Crippen molar-refractivity contribution in [3.05, 3.63) is 119 Å². The molecule has 0 unspecified atom stereocenters. The van der Waals surface area contributed by atoms with Crippen LogP contribution < -0.4 is 0 Å². The highest BCUT2D eigenvalue weighted by atomic mass is 16.1. The Kier molecular flexibility index (Phi) is 3.32. The van der Waals surface area contributed by atoms with Gasteiger partial charge in [0.1, 0.15) is 0 Å². The molecule has 0 radical (unpaired) electrons. The Morgan fingerprint density at radius 1 is 0.538 bits per heavy atom. The van der Waals surface area contributed by atoms with Crippen molar-refractivity contribution in [1.29, 1.82) is 0 Å². The van der Waals surface area contributed by atoms with Crippen LogP contribution >= 0.6 is 0 Å². The number of rotatable bonds is 2. The summed E-state index contributed by atoms with van der Waals surface area (Å²) in [5, 5.41) is 0. The van der Waals surface area contributed by atoms with Gasteiger partial charge in [-0.25, -0.2) is 0 Å². The van der Waals surface area contributed by atoms with Crippen LogP contribution in [0.15, 0.2) is 96.6 Å². The first-order chi connectivity index (χ1) is 12.8. The summed E-state index contributed by atoms with van der Waals surface area (Å²) in [5.41, 5.74) is 7.87. The molecule has 0 amide bonds. The average molecular weight is 332 g/mol. The second kappa shape index (κ2) is 5.82. The molecule has 0 aliphatic heterocycles. The van der Waals surface area contributed by atoms with Crippen LogP contribution in [0.25, 0.3) is 22.8 Å². The molecular weight excluding hydrogens is 316 g/mol. The van der Waals surface area contributed by atoms with Crippen molar-refractivity contribution in [1.82, 2.24) is 0 Å². The van der Waals surface area contributed by atoms with E-state index < -0.39 is 0 Å². The van der Waals surface area contributed by atoms with E-state index in [2.05, 4.69) is 30.3 Å². The molecular formula is C25H16O. The molecule has 3 aromatic carbocycles. The third-order valence-electron chi connectivity index (χ3n) is 5.02. The van der Waals surface area contributed by atoms with Crippen LogP contribution in [0.2, 0.25) is 0 Å². The first-order valence-electron chi connectivity index (χ1n) is 8.76. The van der Waals surface area contributed by atoms with E-state index in [1.807, 2.05) is 66.7 Å². The van der Waals surface area contributed by atoms with Gasteiger partial charge in [0, 0.05) is 11.1 Å². The van der Waals surface area contributed by atoms with Gasteiger partial charge in [0.2, 0.25) is 0 Å². The molecule has 0 aromatic heterocycles. The zero-order chi connectivity index (χ0) is 17.5. The summed E-state index contributed by atoms with van der Waals surface area (Å²) in [6.45, 7) is 0. The number of Topliss-reactive ketones (excluding diaryl/α,β-unsaturated/α-hetero) is 1. The fourth-order valence-electron chi connectivity index (χ4n) is 3.80. The zero-order valence-corrected chi connectivity index (χ0v) is 14.1. The minimum Gasteiger partial charge on any atom is -0.289 e. The molecule has 0 N–H and O–H groups in total. The largest absolute Gasteiger partial charge is 0.289 e. The Balaban J connectivity index is 1.81. The number of carbonyl (C=O) groups excluding carboxylic acids is 1. The normalized spacial score (nSPS) is 15.3. The van der Waals surface area contributed by atoms with Crippen LogP contribution in [0.3, 0.4) is 0 Å². The van der Waals surface area contributed by atoms with Gasteiger partial charge in [0.25, 0.3) is 0 Å². The van der Waals surface area contributed by atoms with E-state index in [4.69, 9.17) is 0 Å². The van der Waals surface area contributed by atoms with Crippen LogP contribution in [0.1, 0.15) is 22.3 Å². The molecule has 1 nitrogen and oxygen atoms in total. The predicted octanol–water partition coefficient (Wildman–Crippen LogP) is 5.66. The number of carbonyl (C=O) groups is 1. The third-order valence-corrected chi connectivity index (χ3v) is 5.02. The van der Waals surface area contributed by atoms with Gasteiger partial charge in [-0.1, -0.05) is 84.9 Å². The lowest BCUT2D eigenvalue weighted by molar-refractivity contribution is -0.110. The molecule has 3 aromatic rings. The molecule has 0 fully saturated rings. The van der Waals surface area contributed by atoms with E-state index in [1.165, 1.54) is 0 Å². The standard InChI is InChI=1S/C25H16O/c26-25-23-15-19-13-7-8-14-20(19)22(23)16-21(17-9-3-1-4-10-17)24(25)18-11-5-2-6-12-18/h1-16H. The van der Waals surface area contributed by atoms with E-state index >= 15 is 0 Å². The van der Waals surface area contributed by atoms with Crippen molar-refractivity contribution in [2.75, 3.05) is 0 Å². The van der Waals surface area contributed by atoms with E-state index in [0.717, 1.165) is 44.5 Å². The minimum absolute atomic E-state index is 0.101. The molecule has 0 heterocycles. The molecule has 2 aliphatic carbocycles. The Morgan fingerprint density at radius 2 is 1.15 bits per heavy atom. The van der Waals surface area contributed by atoms with Crippen molar-refractivity contribution in [3.8, 4) is 0 Å². The topological polar surface area (TPSA) is 17.1 Å². The summed E-state index contributed by atoms with van der Waals surface area (Å²) in [4.78, 5) is 13.5. The monoisotopic (exact) mass is 332 g/mol. The third kappa shape index (κ3) is 2.21. The molecule has 1 heteroatoms. The molecule has 122 valence electrons. The van der Waals surface area contributed by atoms with Gasteiger partial charge in [-0.05, 0) is 45.6 Å². The maximum absolute atomic E-state index is 13.5. The number of fused-ring (bicyclic) bond motifs is 3. The first-order valence-corrected chi connectivity index (χ1v) is 8.76. The lowest BCUT2D eigenvalue weighted by Gasteiger charge is -2.20. The maximum Gasteiger partial charge on any atom is 0.194 e. The zero-order valence-electron chi connectivity index (χ0n) is 14.1. The summed E-state index contributed by atoms with van der Waals surface area (Å²) in [6, 6.07) is 28.3. The van der Waals surface area contributed by atoms with Crippen molar-refractivity contribution in [3.63, 3.8) is 0 Å². The van der Waals surface area contributed by atoms with Gasteiger partial charge in [-0.2, -0.15) is 0 Å². The molecule has 0 spiro atoms. The highest BCUT2D eigenvalue weighted by molar-refractivity contribution is 6.44. The molecule has 0 saturated heterocycles. The number of hydrogen-bond acceptors (Lipinski definition) is 1. The van der Waals surface area contributed by atoms with Gasteiger partial charge in [0.15, 0.2) is 5.78 Å². The molecule has 0 atom stereocenters. The summed E-state index contributed by atoms with van der Waals surface area (Å²) in [5.74, 6) is 0.101. The number of allylic oxidation sites excluding steroid dienone is 5. The Labute approximate surface area is 152 Å². The van der Waals surface area contributed by atoms with Crippen molar-refractivity contribution < 1.29 is 4.79 Å². The lowest BCUT2D eigenvalue weighted by atomic mass is 9.81. The highest BCUT2D eigenvalue weighted by Gasteiger charge is 2.32. The fraction of sp³-hybridized carbons (Fsp3) is 0. The summed E-state index contributed by atoms with van der Waals surface area (Å²) in [6.07, 6.45) is 4.20. The highest BCUT2D eigenvalue weighted by Crippen LogP contribution is 2.45. The smallest absolute Gasteiger partial charge is 0.194 e. The van der Waals surface area contributed by atoms with Crippen LogP contribution in [-0.2, 0) is 4.79 Å². The molecule has 2 aliphatic rings. The van der Waals surface area contributed by atoms with Crippen molar-refractivity contribution >= 4 is 28.6 Å². The second-order valence-corrected chi connectivity index (χ2v) is 6.55. The van der Waals surface area contributed by atoms with Crippen LogP contribution in [0.4, 0.5) is 0 Å². The molecule has 0 bridgehead atoms. The Hall–Kier alpha value is -3.45. The van der Waals surface area contributed by atoms with Crippen molar-refractivity contribution in [2.24, 2.45) is 0 Å². The van der Waals surface area contributed by atoms with Gasteiger partial charge in [-0.15, -0.1) is 0 Å².